The molecule has 1 aliphatic rings. The van der Waals surface area contributed by atoms with Crippen LogP contribution in [0.4, 0.5) is 27.5 Å². The molecule has 0 radical (unpaired) electrons. The van der Waals surface area contributed by atoms with Crippen LogP contribution in [0.5, 0.6) is 5.75 Å². The number of hydrogen-bond donors (Lipinski definition) is 2. The number of rotatable bonds is 7. The van der Waals surface area contributed by atoms with E-state index in [0.29, 0.717) is 37.1 Å². The molecule has 2 heterocycles. The number of halogens is 2. The highest BCUT2D eigenvalue weighted by atomic mass is 35.5. The molecule has 0 amide bonds. The molecule has 2 aromatic carbocycles. The molecule has 0 saturated carbocycles. The molecule has 1 aromatic heterocycles. The van der Waals surface area contributed by atoms with Crippen molar-refractivity contribution >= 4 is 41.0 Å². The highest BCUT2D eigenvalue weighted by Crippen LogP contribution is 2.26. The summed E-state index contributed by atoms with van der Waals surface area (Å²) < 4.78 is 24.9. The molecule has 0 atom stereocenters. The lowest BCUT2D eigenvalue weighted by atomic mass is 10.2. The zero-order valence-electron chi connectivity index (χ0n) is 17.4. The van der Waals surface area contributed by atoms with Crippen LogP contribution in [0.3, 0.4) is 0 Å². The minimum absolute atomic E-state index is 0.197. The molecule has 2 N–H and O–H groups in total. The first-order valence-corrected chi connectivity index (χ1v) is 10.3. The Morgan fingerprint density at radius 1 is 1.19 bits per heavy atom. The Hall–Kier alpha value is -3.43. The molecule has 4 rings (SSSR count). The third-order valence-electron chi connectivity index (χ3n) is 4.75. The van der Waals surface area contributed by atoms with Gasteiger partial charge in [0.2, 0.25) is 5.95 Å². The van der Waals surface area contributed by atoms with Crippen molar-refractivity contribution in [2.45, 2.75) is 0 Å². The van der Waals surface area contributed by atoms with E-state index in [2.05, 4.69) is 25.8 Å². The molecule has 0 spiro atoms. The first-order valence-electron chi connectivity index (χ1n) is 9.97. The van der Waals surface area contributed by atoms with Gasteiger partial charge in [0.1, 0.15) is 5.75 Å². The standard InChI is InChI=1S/C22H22ClFN6O2/c1-31-20-12-18(27-17-4-2-3-16(23)11-17)6-5-15(20)13-26-29-22-25-14-19(24)21(28-22)30-7-9-32-10-8-30/h2-6,11-14,27H,7-10H2,1H3,(H,25,28,29)/b26-13+. The van der Waals surface area contributed by atoms with Crippen LogP contribution in [0.15, 0.2) is 53.8 Å². The second-order valence-electron chi connectivity index (χ2n) is 6.93. The summed E-state index contributed by atoms with van der Waals surface area (Å²) in [7, 11) is 1.58. The Bertz CT molecular complexity index is 1110. The first-order chi connectivity index (χ1) is 15.6. The second kappa shape index (κ2) is 10.3. The predicted molar refractivity (Wildman–Crippen MR) is 124 cm³/mol. The van der Waals surface area contributed by atoms with Gasteiger partial charge in [-0.05, 0) is 30.3 Å². The summed E-state index contributed by atoms with van der Waals surface area (Å²) in [5, 5.41) is 8.11. The number of aromatic nitrogens is 2. The number of nitrogens with zero attached hydrogens (tertiary/aromatic N) is 4. The van der Waals surface area contributed by atoms with Gasteiger partial charge in [0.05, 0.1) is 32.7 Å². The molecule has 166 valence electrons. The smallest absolute Gasteiger partial charge is 0.245 e. The summed E-state index contributed by atoms with van der Waals surface area (Å²) in [4.78, 5) is 10.0. The van der Waals surface area contributed by atoms with Crippen molar-refractivity contribution in [2.24, 2.45) is 5.10 Å². The maximum Gasteiger partial charge on any atom is 0.245 e. The van der Waals surface area contributed by atoms with Gasteiger partial charge in [0, 0.05) is 41.1 Å². The Morgan fingerprint density at radius 3 is 2.78 bits per heavy atom. The third-order valence-corrected chi connectivity index (χ3v) is 4.99. The molecule has 0 aliphatic carbocycles. The fourth-order valence-corrected chi connectivity index (χ4v) is 3.39. The van der Waals surface area contributed by atoms with Gasteiger partial charge in [0.15, 0.2) is 11.6 Å². The van der Waals surface area contributed by atoms with Crippen molar-refractivity contribution in [3.63, 3.8) is 0 Å². The summed E-state index contributed by atoms with van der Waals surface area (Å²) in [5.41, 5.74) is 5.20. The number of ether oxygens (including phenoxy) is 2. The van der Waals surface area contributed by atoms with E-state index in [1.807, 2.05) is 47.4 Å². The van der Waals surface area contributed by atoms with Crippen molar-refractivity contribution in [1.82, 2.24) is 9.97 Å². The van der Waals surface area contributed by atoms with E-state index in [1.54, 1.807) is 13.3 Å². The van der Waals surface area contributed by atoms with Crippen molar-refractivity contribution in [3.05, 3.63) is 65.1 Å². The van der Waals surface area contributed by atoms with Gasteiger partial charge in [-0.25, -0.2) is 14.8 Å². The van der Waals surface area contributed by atoms with Gasteiger partial charge < -0.3 is 19.7 Å². The summed E-state index contributed by atoms with van der Waals surface area (Å²) in [6, 6.07) is 13.1. The number of hydrazone groups is 1. The number of methoxy groups -OCH3 is 1. The van der Waals surface area contributed by atoms with Crippen LogP contribution in [0.2, 0.25) is 5.02 Å². The SMILES string of the molecule is COc1cc(Nc2cccc(Cl)c2)ccc1/C=N/Nc1ncc(F)c(N2CCOCC2)n1. The minimum Gasteiger partial charge on any atom is -0.496 e. The maximum absolute atomic E-state index is 14.2. The van der Waals surface area contributed by atoms with Crippen LogP contribution in [0.25, 0.3) is 0 Å². The van der Waals surface area contributed by atoms with E-state index in [9.17, 15) is 4.39 Å². The fourth-order valence-electron chi connectivity index (χ4n) is 3.20. The molecule has 0 unspecified atom stereocenters. The average Bonchev–Trinajstić information content (AvgIpc) is 2.81. The highest BCUT2D eigenvalue weighted by Gasteiger charge is 2.17. The Morgan fingerprint density at radius 2 is 2.00 bits per heavy atom. The van der Waals surface area contributed by atoms with Crippen LogP contribution in [-0.4, -0.2) is 49.6 Å². The molecule has 8 nitrogen and oxygen atoms in total. The monoisotopic (exact) mass is 456 g/mol. The lowest BCUT2D eigenvalue weighted by Crippen LogP contribution is -2.37. The van der Waals surface area contributed by atoms with E-state index < -0.39 is 5.82 Å². The normalized spacial score (nSPS) is 13.9. The van der Waals surface area contributed by atoms with Gasteiger partial charge in [-0.1, -0.05) is 17.7 Å². The number of nitrogens with one attached hydrogen (secondary N) is 2. The van der Waals surface area contributed by atoms with Gasteiger partial charge in [-0.15, -0.1) is 0 Å². The quantitative estimate of drug-likeness (QED) is 0.405. The predicted octanol–water partition coefficient (Wildman–Crippen LogP) is 4.30. The van der Waals surface area contributed by atoms with Gasteiger partial charge in [-0.3, -0.25) is 0 Å². The molecule has 3 aromatic rings. The summed E-state index contributed by atoms with van der Waals surface area (Å²) in [6.45, 7) is 2.21. The Kier molecular flexibility index (Phi) is 6.98. The zero-order chi connectivity index (χ0) is 22.3. The molecule has 10 heteroatoms. The number of benzene rings is 2. The maximum atomic E-state index is 14.2. The third kappa shape index (κ3) is 5.43. The Labute approximate surface area is 190 Å². The molecular formula is C22H22ClFN6O2. The lowest BCUT2D eigenvalue weighted by Gasteiger charge is -2.27. The summed E-state index contributed by atoms with van der Waals surface area (Å²) in [5.74, 6) is 0.569. The highest BCUT2D eigenvalue weighted by molar-refractivity contribution is 6.30. The van der Waals surface area contributed by atoms with Crippen LogP contribution < -0.4 is 20.4 Å². The first kappa shape index (κ1) is 21.8. The average molecular weight is 457 g/mol. The van der Waals surface area contributed by atoms with E-state index in [0.717, 1.165) is 23.1 Å². The molecular weight excluding hydrogens is 435 g/mol. The number of hydrogen-bond acceptors (Lipinski definition) is 8. The lowest BCUT2D eigenvalue weighted by molar-refractivity contribution is 0.122. The minimum atomic E-state index is -0.481. The van der Waals surface area contributed by atoms with Gasteiger partial charge in [-0.2, -0.15) is 10.1 Å². The van der Waals surface area contributed by atoms with Crippen molar-refractivity contribution in [2.75, 3.05) is 49.1 Å². The number of anilines is 4. The van der Waals surface area contributed by atoms with Crippen LogP contribution in [0.1, 0.15) is 5.56 Å². The fraction of sp³-hybridized carbons (Fsp3) is 0.227. The second-order valence-corrected chi connectivity index (χ2v) is 7.36. The van der Waals surface area contributed by atoms with Gasteiger partial charge in [0.25, 0.3) is 0 Å². The Balaban J connectivity index is 1.45. The van der Waals surface area contributed by atoms with Crippen molar-refractivity contribution < 1.29 is 13.9 Å². The molecule has 1 aliphatic heterocycles. The van der Waals surface area contributed by atoms with E-state index in [-0.39, 0.29) is 11.8 Å². The van der Waals surface area contributed by atoms with E-state index >= 15 is 0 Å². The van der Waals surface area contributed by atoms with Crippen molar-refractivity contribution in [3.8, 4) is 5.75 Å². The van der Waals surface area contributed by atoms with Crippen molar-refractivity contribution in [1.29, 1.82) is 0 Å². The summed E-state index contributed by atoms with van der Waals surface area (Å²) in [6.07, 6.45) is 2.72. The largest absolute Gasteiger partial charge is 0.496 e. The van der Waals surface area contributed by atoms with Crippen LogP contribution >= 0.6 is 11.6 Å². The van der Waals surface area contributed by atoms with E-state index in [1.165, 1.54) is 0 Å². The zero-order valence-corrected chi connectivity index (χ0v) is 18.1. The van der Waals surface area contributed by atoms with Gasteiger partial charge >= 0.3 is 0 Å². The van der Waals surface area contributed by atoms with Crippen LogP contribution in [0, 0.1) is 5.82 Å². The van der Waals surface area contributed by atoms with Crippen LogP contribution in [-0.2, 0) is 4.74 Å². The summed E-state index contributed by atoms with van der Waals surface area (Å²) >= 11 is 6.04. The van der Waals surface area contributed by atoms with E-state index in [4.69, 9.17) is 21.1 Å². The molecule has 1 saturated heterocycles. The molecule has 1 fully saturated rings. The number of morpholine rings is 1. The molecule has 0 bridgehead atoms. The topological polar surface area (TPSA) is 83.9 Å². The molecule has 32 heavy (non-hydrogen) atoms.